The molecule has 0 amide bonds. The van der Waals surface area contributed by atoms with Gasteiger partial charge in [0.05, 0.1) is 18.2 Å². The van der Waals surface area contributed by atoms with Gasteiger partial charge in [0.15, 0.2) is 5.82 Å². The first-order valence-corrected chi connectivity index (χ1v) is 5.78. The van der Waals surface area contributed by atoms with Crippen molar-refractivity contribution >= 4 is 23.5 Å². The van der Waals surface area contributed by atoms with Crippen molar-refractivity contribution in [2.24, 2.45) is 0 Å². The second-order valence-corrected chi connectivity index (χ2v) is 3.63. The van der Waals surface area contributed by atoms with Gasteiger partial charge in [-0.2, -0.15) is 0 Å². The molecule has 0 saturated carbocycles. The molecule has 18 heavy (non-hydrogen) atoms. The molecule has 0 spiro atoms. The van der Waals surface area contributed by atoms with Crippen molar-refractivity contribution < 1.29 is 19.1 Å². The molecule has 1 heterocycles. The van der Waals surface area contributed by atoms with Gasteiger partial charge in [-0.3, -0.25) is 9.59 Å². The van der Waals surface area contributed by atoms with E-state index in [1.807, 2.05) is 0 Å². The Morgan fingerprint density at radius 1 is 1.17 bits per heavy atom. The summed E-state index contributed by atoms with van der Waals surface area (Å²) >= 11 is 5.64. The Hall–Kier alpha value is -1.69. The highest BCUT2D eigenvalue weighted by Crippen LogP contribution is 2.16. The number of carbonyl (C=O) groups excluding carboxylic acids is 2. The Labute approximate surface area is 109 Å². The number of ether oxygens (including phenoxy) is 2. The summed E-state index contributed by atoms with van der Waals surface area (Å²) in [6.45, 7) is 3.59. The predicted octanol–water partition coefficient (Wildman–Crippen LogP) is 1.34. The number of aromatic nitrogens is 2. The van der Waals surface area contributed by atoms with Crippen molar-refractivity contribution in [3.63, 3.8) is 0 Å². The van der Waals surface area contributed by atoms with Gasteiger partial charge in [-0.1, -0.05) is 11.6 Å². The molecule has 0 radical (unpaired) electrons. The Morgan fingerprint density at radius 2 is 1.61 bits per heavy atom. The minimum Gasteiger partial charge on any atom is -0.465 e. The molecular weight excluding hydrogens is 260 g/mol. The Balaban J connectivity index is 2.99. The van der Waals surface area contributed by atoms with Crippen LogP contribution < -0.4 is 0 Å². The van der Waals surface area contributed by atoms with Crippen LogP contribution in [0.15, 0.2) is 12.4 Å². The first-order valence-electron chi connectivity index (χ1n) is 5.40. The van der Waals surface area contributed by atoms with Crippen LogP contribution in [0.25, 0.3) is 0 Å². The van der Waals surface area contributed by atoms with Gasteiger partial charge in [0.25, 0.3) is 0 Å². The second kappa shape index (κ2) is 6.90. The highest BCUT2D eigenvalue weighted by Gasteiger charge is 2.34. The molecule has 0 aliphatic carbocycles. The fraction of sp³-hybridized carbons (Fsp3) is 0.455. The van der Waals surface area contributed by atoms with Crippen molar-refractivity contribution in [3.8, 4) is 0 Å². The molecule has 0 aliphatic rings. The van der Waals surface area contributed by atoms with E-state index in [9.17, 15) is 9.59 Å². The molecule has 0 saturated heterocycles. The molecule has 1 rings (SSSR count). The average Bonchev–Trinajstić information content (AvgIpc) is 2.33. The third-order valence-electron chi connectivity index (χ3n) is 1.94. The van der Waals surface area contributed by atoms with Crippen molar-refractivity contribution in [1.29, 1.82) is 0 Å². The van der Waals surface area contributed by atoms with Gasteiger partial charge in [-0.15, -0.1) is 0 Å². The molecule has 1 aromatic rings. The van der Waals surface area contributed by atoms with Crippen LogP contribution in [0.5, 0.6) is 0 Å². The van der Waals surface area contributed by atoms with E-state index in [-0.39, 0.29) is 19.0 Å². The summed E-state index contributed by atoms with van der Waals surface area (Å²) in [7, 11) is 0. The SMILES string of the molecule is CCOC(=O)C(C(=O)OCC)c1ncc(Cl)cn1. The van der Waals surface area contributed by atoms with E-state index >= 15 is 0 Å². The van der Waals surface area contributed by atoms with E-state index in [2.05, 4.69) is 9.97 Å². The normalized spacial score (nSPS) is 10.2. The second-order valence-electron chi connectivity index (χ2n) is 3.20. The Morgan fingerprint density at radius 3 is 2.00 bits per heavy atom. The Kier molecular flexibility index (Phi) is 5.51. The van der Waals surface area contributed by atoms with Gasteiger partial charge >= 0.3 is 11.9 Å². The number of rotatable bonds is 5. The molecule has 0 unspecified atom stereocenters. The minimum atomic E-state index is -1.28. The zero-order valence-electron chi connectivity index (χ0n) is 10.1. The summed E-state index contributed by atoms with van der Waals surface area (Å²) in [4.78, 5) is 31.1. The zero-order chi connectivity index (χ0) is 13.5. The molecule has 0 fully saturated rings. The number of carbonyl (C=O) groups is 2. The summed E-state index contributed by atoms with van der Waals surface area (Å²) < 4.78 is 9.61. The molecular formula is C11H13ClN2O4. The first-order chi connectivity index (χ1) is 8.60. The topological polar surface area (TPSA) is 78.4 Å². The van der Waals surface area contributed by atoms with Crippen LogP contribution in [0.4, 0.5) is 0 Å². The van der Waals surface area contributed by atoms with Gasteiger partial charge < -0.3 is 9.47 Å². The molecule has 0 aromatic carbocycles. The third-order valence-corrected chi connectivity index (χ3v) is 2.14. The lowest BCUT2D eigenvalue weighted by Crippen LogP contribution is -2.27. The number of nitrogens with zero attached hydrogens (tertiary/aromatic N) is 2. The summed E-state index contributed by atoms with van der Waals surface area (Å²) in [5.74, 6) is -2.74. The summed E-state index contributed by atoms with van der Waals surface area (Å²) in [6.07, 6.45) is 2.60. The van der Waals surface area contributed by atoms with Gasteiger partial charge in [0.2, 0.25) is 5.92 Å². The van der Waals surface area contributed by atoms with E-state index < -0.39 is 17.9 Å². The molecule has 7 heteroatoms. The van der Waals surface area contributed by atoms with E-state index in [4.69, 9.17) is 21.1 Å². The minimum absolute atomic E-state index is 0.0105. The van der Waals surface area contributed by atoms with Gasteiger partial charge in [0, 0.05) is 12.4 Å². The molecule has 98 valence electrons. The van der Waals surface area contributed by atoms with E-state index in [1.165, 1.54) is 12.4 Å². The van der Waals surface area contributed by atoms with Crippen molar-refractivity contribution in [2.75, 3.05) is 13.2 Å². The molecule has 0 atom stereocenters. The summed E-state index contributed by atoms with van der Waals surface area (Å²) in [5, 5.41) is 0.310. The lowest BCUT2D eigenvalue weighted by Gasteiger charge is -2.12. The molecule has 0 aliphatic heterocycles. The van der Waals surface area contributed by atoms with E-state index in [0.717, 1.165) is 0 Å². The molecule has 6 nitrogen and oxygen atoms in total. The third kappa shape index (κ3) is 3.66. The average molecular weight is 273 g/mol. The highest BCUT2D eigenvalue weighted by atomic mass is 35.5. The maximum absolute atomic E-state index is 11.7. The van der Waals surface area contributed by atoms with E-state index in [0.29, 0.717) is 5.02 Å². The standard InChI is InChI=1S/C11H13ClN2O4/c1-3-17-10(15)8(11(16)18-4-2)9-13-5-7(12)6-14-9/h5-6,8H,3-4H2,1-2H3. The van der Waals surface area contributed by atoms with Gasteiger partial charge in [0.1, 0.15) is 0 Å². The lowest BCUT2D eigenvalue weighted by atomic mass is 10.1. The number of halogens is 1. The van der Waals surface area contributed by atoms with Crippen LogP contribution in [0, 0.1) is 0 Å². The smallest absolute Gasteiger partial charge is 0.328 e. The van der Waals surface area contributed by atoms with Crippen LogP contribution >= 0.6 is 11.6 Å². The number of hydrogen-bond donors (Lipinski definition) is 0. The van der Waals surface area contributed by atoms with Crippen molar-refractivity contribution in [1.82, 2.24) is 9.97 Å². The van der Waals surface area contributed by atoms with Crippen LogP contribution in [-0.4, -0.2) is 35.1 Å². The van der Waals surface area contributed by atoms with Crippen LogP contribution in [0.3, 0.4) is 0 Å². The highest BCUT2D eigenvalue weighted by molar-refractivity contribution is 6.30. The molecule has 0 bridgehead atoms. The zero-order valence-corrected chi connectivity index (χ0v) is 10.8. The maximum Gasteiger partial charge on any atom is 0.328 e. The van der Waals surface area contributed by atoms with Gasteiger partial charge in [-0.05, 0) is 13.8 Å². The first kappa shape index (κ1) is 14.4. The molecule has 1 aromatic heterocycles. The number of hydrogen-bond acceptors (Lipinski definition) is 6. The monoisotopic (exact) mass is 272 g/mol. The lowest BCUT2D eigenvalue weighted by molar-refractivity contribution is -0.157. The maximum atomic E-state index is 11.7. The van der Waals surface area contributed by atoms with E-state index in [1.54, 1.807) is 13.8 Å². The van der Waals surface area contributed by atoms with Crippen molar-refractivity contribution in [3.05, 3.63) is 23.2 Å². The number of esters is 2. The van der Waals surface area contributed by atoms with Gasteiger partial charge in [-0.25, -0.2) is 9.97 Å². The van der Waals surface area contributed by atoms with Crippen LogP contribution in [-0.2, 0) is 19.1 Å². The summed E-state index contributed by atoms with van der Waals surface area (Å²) in [6, 6.07) is 0. The fourth-order valence-electron chi connectivity index (χ4n) is 1.23. The Bertz CT molecular complexity index is 404. The van der Waals surface area contributed by atoms with Crippen LogP contribution in [0.1, 0.15) is 25.6 Å². The van der Waals surface area contributed by atoms with Crippen molar-refractivity contribution in [2.45, 2.75) is 19.8 Å². The fourth-order valence-corrected chi connectivity index (χ4v) is 1.33. The quantitative estimate of drug-likeness (QED) is 0.594. The van der Waals surface area contributed by atoms with Crippen LogP contribution in [0.2, 0.25) is 5.02 Å². The molecule has 0 N–H and O–H groups in total. The largest absolute Gasteiger partial charge is 0.465 e. The summed E-state index contributed by atoms with van der Waals surface area (Å²) in [5.41, 5.74) is 0. The predicted molar refractivity (Wildman–Crippen MR) is 63.0 cm³/mol.